The van der Waals surface area contributed by atoms with Gasteiger partial charge in [0.05, 0.1) is 27.5 Å². The predicted molar refractivity (Wildman–Crippen MR) is 238 cm³/mol. The Balaban J connectivity index is 1.10. The van der Waals surface area contributed by atoms with Crippen molar-refractivity contribution >= 4 is 43.6 Å². The van der Waals surface area contributed by atoms with Gasteiger partial charge in [-0.3, -0.25) is 0 Å². The van der Waals surface area contributed by atoms with E-state index in [0.29, 0.717) is 0 Å². The molecule has 0 aliphatic heterocycles. The molecular weight excluding hydrogens is 689 g/mol. The Morgan fingerprint density at radius 2 is 0.737 bits per heavy atom. The number of benzene rings is 9. The van der Waals surface area contributed by atoms with Gasteiger partial charge in [-0.15, -0.1) is 0 Å². The van der Waals surface area contributed by atoms with Gasteiger partial charge in [-0.2, -0.15) is 0 Å². The molecule has 0 radical (unpaired) electrons. The quantitative estimate of drug-likeness (QED) is 0.167. The molecule has 2 aromatic heterocycles. The minimum atomic E-state index is -0.472. The molecule has 2 heterocycles. The minimum Gasteiger partial charge on any atom is -0.309 e. The van der Waals surface area contributed by atoms with Crippen LogP contribution in [0.5, 0.6) is 0 Å². The fourth-order valence-electron chi connectivity index (χ4n) is 10.0. The third kappa shape index (κ3) is 4.53. The second-order valence-electron chi connectivity index (χ2n) is 15.3. The largest absolute Gasteiger partial charge is 0.309 e. The molecule has 0 spiro atoms. The molecule has 0 atom stereocenters. The van der Waals surface area contributed by atoms with E-state index in [1.807, 2.05) is 0 Å². The van der Waals surface area contributed by atoms with Crippen LogP contribution in [0.4, 0.5) is 0 Å². The van der Waals surface area contributed by atoms with E-state index < -0.39 is 5.41 Å². The molecule has 12 rings (SSSR count). The highest BCUT2D eigenvalue weighted by molar-refractivity contribution is 6.13. The average molecular weight is 725 g/mol. The van der Waals surface area contributed by atoms with Gasteiger partial charge in [0.25, 0.3) is 0 Å². The second kappa shape index (κ2) is 12.3. The van der Waals surface area contributed by atoms with E-state index in [1.54, 1.807) is 0 Å². The lowest BCUT2D eigenvalue weighted by molar-refractivity contribution is 0.769. The van der Waals surface area contributed by atoms with E-state index in [2.05, 4.69) is 228 Å². The van der Waals surface area contributed by atoms with Crippen molar-refractivity contribution in [2.45, 2.75) is 5.41 Å². The maximum atomic E-state index is 2.47. The summed E-state index contributed by atoms with van der Waals surface area (Å²) >= 11 is 0. The molecule has 11 aromatic rings. The number of nitrogens with zero attached hydrogens (tertiary/aromatic N) is 2. The molecule has 0 amide bonds. The third-order valence-electron chi connectivity index (χ3n) is 12.4. The van der Waals surface area contributed by atoms with Gasteiger partial charge in [0, 0.05) is 32.9 Å². The first-order valence-electron chi connectivity index (χ1n) is 19.8. The maximum absolute atomic E-state index is 2.47. The van der Waals surface area contributed by atoms with E-state index in [4.69, 9.17) is 0 Å². The molecular formula is C55H36N2. The summed E-state index contributed by atoms with van der Waals surface area (Å²) in [6.07, 6.45) is 0. The molecule has 57 heavy (non-hydrogen) atoms. The molecule has 266 valence electrons. The van der Waals surface area contributed by atoms with Crippen LogP contribution in [0.1, 0.15) is 22.3 Å². The van der Waals surface area contributed by atoms with Crippen molar-refractivity contribution in [3.8, 4) is 33.6 Å². The van der Waals surface area contributed by atoms with Gasteiger partial charge in [-0.05, 0) is 105 Å². The highest BCUT2D eigenvalue weighted by Gasteiger charge is 2.46. The molecule has 0 N–H and O–H groups in total. The summed E-state index contributed by atoms with van der Waals surface area (Å²) in [6.45, 7) is 0. The van der Waals surface area contributed by atoms with Crippen molar-refractivity contribution in [1.82, 2.24) is 9.13 Å². The first-order valence-corrected chi connectivity index (χ1v) is 19.8. The number of para-hydroxylation sites is 3. The lowest BCUT2D eigenvalue weighted by atomic mass is 9.67. The molecule has 0 saturated heterocycles. The normalized spacial score (nSPS) is 13.1. The van der Waals surface area contributed by atoms with Crippen LogP contribution < -0.4 is 0 Å². The molecule has 0 unspecified atom stereocenters. The monoisotopic (exact) mass is 724 g/mol. The van der Waals surface area contributed by atoms with Crippen LogP contribution in [-0.4, -0.2) is 9.13 Å². The second-order valence-corrected chi connectivity index (χ2v) is 15.3. The number of fused-ring (bicyclic) bond motifs is 9. The molecule has 0 bridgehead atoms. The number of hydrogen-bond acceptors (Lipinski definition) is 0. The van der Waals surface area contributed by atoms with Crippen LogP contribution in [0.15, 0.2) is 218 Å². The van der Waals surface area contributed by atoms with E-state index in [0.717, 1.165) is 5.69 Å². The molecule has 2 nitrogen and oxygen atoms in total. The summed E-state index contributed by atoms with van der Waals surface area (Å²) in [5.74, 6) is 0. The zero-order valence-electron chi connectivity index (χ0n) is 31.2. The van der Waals surface area contributed by atoms with Crippen molar-refractivity contribution in [1.29, 1.82) is 0 Å². The number of hydrogen-bond donors (Lipinski definition) is 0. The number of aromatic nitrogens is 2. The Hall–Kier alpha value is -7.42. The molecule has 1 aliphatic carbocycles. The van der Waals surface area contributed by atoms with Gasteiger partial charge in [0.1, 0.15) is 0 Å². The van der Waals surface area contributed by atoms with Crippen LogP contribution in [-0.2, 0) is 5.41 Å². The van der Waals surface area contributed by atoms with Gasteiger partial charge < -0.3 is 9.13 Å². The average Bonchev–Trinajstić information content (AvgIpc) is 3.91. The highest BCUT2D eigenvalue weighted by atomic mass is 15.0. The van der Waals surface area contributed by atoms with Crippen molar-refractivity contribution in [2.24, 2.45) is 0 Å². The van der Waals surface area contributed by atoms with Crippen molar-refractivity contribution < 1.29 is 0 Å². The lowest BCUT2D eigenvalue weighted by Gasteiger charge is -2.34. The Bertz CT molecular complexity index is 3290. The molecule has 0 saturated carbocycles. The van der Waals surface area contributed by atoms with Gasteiger partial charge in [-0.25, -0.2) is 0 Å². The van der Waals surface area contributed by atoms with Crippen LogP contribution in [0, 0.1) is 0 Å². The van der Waals surface area contributed by atoms with Gasteiger partial charge in [0.2, 0.25) is 0 Å². The summed E-state index contributed by atoms with van der Waals surface area (Å²) < 4.78 is 4.84. The smallest absolute Gasteiger partial charge is 0.0714 e. The Labute approximate surface area is 331 Å². The summed E-state index contributed by atoms with van der Waals surface area (Å²) in [7, 11) is 0. The molecule has 1 aliphatic rings. The number of rotatable bonds is 5. The summed E-state index contributed by atoms with van der Waals surface area (Å²) in [4.78, 5) is 0. The topological polar surface area (TPSA) is 9.86 Å². The molecule has 9 aromatic carbocycles. The van der Waals surface area contributed by atoms with E-state index in [1.165, 1.54) is 93.8 Å². The molecule has 0 fully saturated rings. The first kappa shape index (κ1) is 31.9. The fourth-order valence-corrected chi connectivity index (χ4v) is 10.0. The Kier molecular flexibility index (Phi) is 6.88. The van der Waals surface area contributed by atoms with Crippen molar-refractivity contribution in [2.75, 3.05) is 0 Å². The first-order chi connectivity index (χ1) is 28.3. The Morgan fingerprint density at radius 1 is 0.281 bits per heavy atom. The highest BCUT2D eigenvalue weighted by Crippen LogP contribution is 2.56. The summed E-state index contributed by atoms with van der Waals surface area (Å²) in [5.41, 5.74) is 16.9. The zero-order chi connectivity index (χ0) is 37.5. The van der Waals surface area contributed by atoms with Crippen LogP contribution in [0.25, 0.3) is 77.2 Å². The minimum absolute atomic E-state index is 0.472. The van der Waals surface area contributed by atoms with Crippen molar-refractivity contribution in [3.05, 3.63) is 241 Å². The van der Waals surface area contributed by atoms with E-state index >= 15 is 0 Å². The van der Waals surface area contributed by atoms with Crippen LogP contribution in [0.2, 0.25) is 0 Å². The van der Waals surface area contributed by atoms with Crippen LogP contribution >= 0.6 is 0 Å². The maximum Gasteiger partial charge on any atom is 0.0714 e. The third-order valence-corrected chi connectivity index (χ3v) is 12.4. The lowest BCUT2D eigenvalue weighted by Crippen LogP contribution is -2.28. The van der Waals surface area contributed by atoms with Crippen molar-refractivity contribution in [3.63, 3.8) is 0 Å². The van der Waals surface area contributed by atoms with Gasteiger partial charge in [-0.1, -0.05) is 158 Å². The summed E-state index contributed by atoms with van der Waals surface area (Å²) in [6, 6.07) is 80.5. The molecule has 2 heteroatoms. The van der Waals surface area contributed by atoms with Gasteiger partial charge in [0.15, 0.2) is 0 Å². The SMILES string of the molecule is c1ccc(-n2c3ccccc3c3cc(-c4ccc5c(c4)c4ccc(C6(c7ccccc7)c7ccccc7-c7ccccc76)cc4n5-c4ccccc4)ccc32)cc1. The summed E-state index contributed by atoms with van der Waals surface area (Å²) in [5, 5.41) is 5.00. The van der Waals surface area contributed by atoms with Crippen LogP contribution in [0.3, 0.4) is 0 Å². The fraction of sp³-hybridized carbons (Fsp3) is 0.0182. The Morgan fingerprint density at radius 3 is 1.33 bits per heavy atom. The zero-order valence-corrected chi connectivity index (χ0v) is 31.2. The predicted octanol–water partition coefficient (Wildman–Crippen LogP) is 13.9. The van der Waals surface area contributed by atoms with E-state index in [-0.39, 0.29) is 0 Å². The van der Waals surface area contributed by atoms with E-state index in [9.17, 15) is 0 Å². The van der Waals surface area contributed by atoms with Gasteiger partial charge >= 0.3 is 0 Å². The standard InChI is InChI=1S/C55H36N2/c1-4-16-39(17-5-1)55(49-25-13-10-22-43(49)44-23-11-14-26-50(44)55)40-30-31-46-48-35-38(29-33-53(48)57(54(46)36-40)42-20-8-3-9-21-42)37-28-32-52-47(34-37)45-24-12-15-27-51(45)56(52)41-18-6-2-7-19-41/h1-36H.